The minimum absolute atomic E-state index is 0.0622. The summed E-state index contributed by atoms with van der Waals surface area (Å²) in [5.74, 6) is 1.04. The first-order valence-electron chi connectivity index (χ1n) is 7.31. The Morgan fingerprint density at radius 2 is 1.86 bits per heavy atom. The van der Waals surface area contributed by atoms with Crippen molar-refractivity contribution in [3.05, 3.63) is 29.8 Å². The maximum atomic E-state index is 11.8. The van der Waals surface area contributed by atoms with Crippen molar-refractivity contribution in [3.8, 4) is 5.75 Å². The van der Waals surface area contributed by atoms with E-state index >= 15 is 0 Å². The fourth-order valence-corrected chi connectivity index (χ4v) is 3.58. The van der Waals surface area contributed by atoms with Crippen molar-refractivity contribution in [1.82, 2.24) is 10.2 Å². The van der Waals surface area contributed by atoms with Gasteiger partial charge in [-0.1, -0.05) is 12.1 Å². The van der Waals surface area contributed by atoms with Crippen LogP contribution in [0.2, 0.25) is 0 Å². The van der Waals surface area contributed by atoms with Gasteiger partial charge in [-0.05, 0) is 24.1 Å². The van der Waals surface area contributed by atoms with Gasteiger partial charge in [-0.15, -0.1) is 0 Å². The van der Waals surface area contributed by atoms with Crippen LogP contribution < -0.4 is 10.1 Å². The highest BCUT2D eigenvalue weighted by Crippen LogP contribution is 2.11. The summed E-state index contributed by atoms with van der Waals surface area (Å²) in [7, 11) is -1.27. The van der Waals surface area contributed by atoms with Gasteiger partial charge in [-0.25, -0.2) is 8.42 Å². The molecule has 1 saturated heterocycles. The molecule has 0 bridgehead atoms. The van der Waals surface area contributed by atoms with E-state index in [1.807, 2.05) is 29.2 Å². The highest BCUT2D eigenvalue weighted by atomic mass is 32.2. The number of hydrogen-bond donors (Lipinski definition) is 1. The lowest BCUT2D eigenvalue weighted by atomic mass is 10.1. The van der Waals surface area contributed by atoms with E-state index in [-0.39, 0.29) is 24.0 Å². The molecule has 1 aliphatic rings. The van der Waals surface area contributed by atoms with Crippen molar-refractivity contribution in [2.24, 2.45) is 0 Å². The summed E-state index contributed by atoms with van der Waals surface area (Å²) < 4.78 is 27.7. The monoisotopic (exact) mass is 326 g/mol. The van der Waals surface area contributed by atoms with Crippen LogP contribution >= 0.6 is 0 Å². The fraction of sp³-hybridized carbons (Fsp3) is 0.533. The number of sulfone groups is 1. The second-order valence-electron chi connectivity index (χ2n) is 5.38. The van der Waals surface area contributed by atoms with Crippen molar-refractivity contribution in [2.45, 2.75) is 6.42 Å². The number of rotatable bonds is 6. The molecule has 122 valence electrons. The van der Waals surface area contributed by atoms with Gasteiger partial charge in [0, 0.05) is 19.6 Å². The first-order valence-corrected chi connectivity index (χ1v) is 9.13. The van der Waals surface area contributed by atoms with E-state index in [4.69, 9.17) is 4.74 Å². The maximum Gasteiger partial charge on any atom is 0.234 e. The maximum absolute atomic E-state index is 11.8. The third-order valence-electron chi connectivity index (χ3n) is 3.70. The number of nitrogens with zero attached hydrogens (tertiary/aromatic N) is 1. The standard InChI is InChI=1S/C15H22N2O4S/c1-21-14-4-2-13(3-5-14)6-7-16-15(18)12-17-8-10-22(19,20)11-9-17/h2-5H,6-12H2,1H3,(H,16,18). The molecule has 0 atom stereocenters. The predicted octanol–water partition coefficient (Wildman–Crippen LogP) is 0.0843. The summed E-state index contributed by atoms with van der Waals surface area (Å²) >= 11 is 0. The minimum Gasteiger partial charge on any atom is -0.497 e. The molecule has 0 saturated carbocycles. The molecule has 0 aromatic heterocycles. The number of benzene rings is 1. The normalized spacial score (nSPS) is 17.9. The van der Waals surface area contributed by atoms with Gasteiger partial charge in [-0.3, -0.25) is 9.69 Å². The Hall–Kier alpha value is -1.60. The van der Waals surface area contributed by atoms with Gasteiger partial charge in [0.25, 0.3) is 0 Å². The number of methoxy groups -OCH3 is 1. The largest absolute Gasteiger partial charge is 0.497 e. The Morgan fingerprint density at radius 3 is 2.45 bits per heavy atom. The van der Waals surface area contributed by atoms with Crippen LogP contribution in [-0.4, -0.2) is 64.0 Å². The first-order chi connectivity index (χ1) is 10.5. The molecule has 1 amide bonds. The number of carbonyl (C=O) groups excluding carboxylic acids is 1. The quantitative estimate of drug-likeness (QED) is 0.801. The molecule has 0 radical (unpaired) electrons. The molecule has 1 aliphatic heterocycles. The van der Waals surface area contributed by atoms with Crippen LogP contribution in [0.25, 0.3) is 0 Å². The topological polar surface area (TPSA) is 75.7 Å². The van der Waals surface area contributed by atoms with E-state index in [9.17, 15) is 13.2 Å². The van der Waals surface area contributed by atoms with Crippen molar-refractivity contribution in [3.63, 3.8) is 0 Å². The highest BCUT2D eigenvalue weighted by molar-refractivity contribution is 7.91. The van der Waals surface area contributed by atoms with Crippen LogP contribution in [0.15, 0.2) is 24.3 Å². The summed E-state index contributed by atoms with van der Waals surface area (Å²) in [5, 5.41) is 2.87. The van der Waals surface area contributed by atoms with Crippen LogP contribution in [0.4, 0.5) is 0 Å². The summed E-state index contributed by atoms with van der Waals surface area (Å²) in [6.45, 7) is 1.71. The Labute approximate surface area is 131 Å². The van der Waals surface area contributed by atoms with Crippen molar-refractivity contribution < 1.29 is 17.9 Å². The van der Waals surface area contributed by atoms with E-state index in [2.05, 4.69) is 5.32 Å². The molecule has 1 aromatic carbocycles. The summed E-state index contributed by atoms with van der Waals surface area (Å²) in [6, 6.07) is 7.73. The predicted molar refractivity (Wildman–Crippen MR) is 84.8 cm³/mol. The van der Waals surface area contributed by atoms with E-state index in [0.29, 0.717) is 19.6 Å². The van der Waals surface area contributed by atoms with Crippen molar-refractivity contribution in [2.75, 3.05) is 44.8 Å². The Bertz CT molecular complexity index is 584. The minimum atomic E-state index is -2.89. The van der Waals surface area contributed by atoms with Gasteiger partial charge < -0.3 is 10.1 Å². The van der Waals surface area contributed by atoms with E-state index in [1.54, 1.807) is 7.11 Å². The van der Waals surface area contributed by atoms with Crippen LogP contribution in [0, 0.1) is 0 Å². The Balaban J connectivity index is 1.67. The number of nitrogens with one attached hydrogen (secondary N) is 1. The summed E-state index contributed by atoms with van der Waals surface area (Å²) in [4.78, 5) is 13.7. The van der Waals surface area contributed by atoms with Crippen molar-refractivity contribution in [1.29, 1.82) is 0 Å². The summed E-state index contributed by atoms with van der Waals surface area (Å²) in [5.41, 5.74) is 1.13. The van der Waals surface area contributed by atoms with E-state index in [0.717, 1.165) is 17.7 Å². The molecule has 7 heteroatoms. The molecule has 0 aliphatic carbocycles. The van der Waals surface area contributed by atoms with Gasteiger partial charge >= 0.3 is 0 Å². The van der Waals surface area contributed by atoms with Gasteiger partial charge in [-0.2, -0.15) is 0 Å². The van der Waals surface area contributed by atoms with Crippen LogP contribution in [0.1, 0.15) is 5.56 Å². The molecule has 1 heterocycles. The Morgan fingerprint density at radius 1 is 1.23 bits per heavy atom. The van der Waals surface area contributed by atoms with E-state index < -0.39 is 9.84 Å². The number of hydrogen-bond acceptors (Lipinski definition) is 5. The van der Waals surface area contributed by atoms with Crippen molar-refractivity contribution >= 4 is 15.7 Å². The molecule has 0 unspecified atom stereocenters. The molecule has 1 aromatic rings. The summed E-state index contributed by atoms with van der Waals surface area (Å²) in [6.07, 6.45) is 0.754. The number of amides is 1. The molecular formula is C15H22N2O4S. The Kier molecular flexibility index (Phi) is 5.79. The van der Waals surface area contributed by atoms with Gasteiger partial charge in [0.05, 0.1) is 25.2 Å². The molecule has 1 fully saturated rings. The molecule has 1 N–H and O–H groups in total. The SMILES string of the molecule is COc1ccc(CCNC(=O)CN2CCS(=O)(=O)CC2)cc1. The molecule has 0 spiro atoms. The van der Waals surface area contributed by atoms with E-state index in [1.165, 1.54) is 0 Å². The average Bonchev–Trinajstić information content (AvgIpc) is 2.50. The molecule has 6 nitrogen and oxygen atoms in total. The second-order valence-corrected chi connectivity index (χ2v) is 7.68. The number of carbonyl (C=O) groups is 1. The van der Waals surface area contributed by atoms with Gasteiger partial charge in [0.15, 0.2) is 9.84 Å². The third-order valence-corrected chi connectivity index (χ3v) is 5.31. The highest BCUT2D eigenvalue weighted by Gasteiger charge is 2.22. The van der Waals surface area contributed by atoms with Crippen LogP contribution in [0.5, 0.6) is 5.75 Å². The smallest absolute Gasteiger partial charge is 0.234 e. The van der Waals surface area contributed by atoms with Gasteiger partial charge in [0.2, 0.25) is 5.91 Å². The molecular weight excluding hydrogens is 304 g/mol. The van der Waals surface area contributed by atoms with Gasteiger partial charge in [0.1, 0.15) is 5.75 Å². The average molecular weight is 326 g/mol. The zero-order valence-electron chi connectivity index (χ0n) is 12.7. The first kappa shape index (κ1) is 16.8. The fourth-order valence-electron chi connectivity index (χ4n) is 2.31. The lowest BCUT2D eigenvalue weighted by molar-refractivity contribution is -0.122. The van der Waals surface area contributed by atoms with Crippen LogP contribution in [0.3, 0.4) is 0 Å². The number of ether oxygens (including phenoxy) is 1. The zero-order valence-corrected chi connectivity index (χ0v) is 13.6. The molecule has 22 heavy (non-hydrogen) atoms. The third kappa shape index (κ3) is 5.31. The lowest BCUT2D eigenvalue weighted by Crippen LogP contribution is -2.45. The zero-order chi connectivity index (χ0) is 16.0. The van der Waals surface area contributed by atoms with Crippen LogP contribution in [-0.2, 0) is 21.1 Å². The lowest BCUT2D eigenvalue weighted by Gasteiger charge is -2.25. The second kappa shape index (κ2) is 7.60. The molecule has 2 rings (SSSR count).